The van der Waals surface area contributed by atoms with Crippen LogP contribution >= 0.6 is 0 Å². The van der Waals surface area contributed by atoms with Gasteiger partial charge in [-0.05, 0) is 32.1 Å². The third-order valence-corrected chi connectivity index (χ3v) is 3.62. The van der Waals surface area contributed by atoms with E-state index in [1.807, 2.05) is 13.0 Å². The van der Waals surface area contributed by atoms with Crippen molar-refractivity contribution in [2.24, 2.45) is 5.92 Å². The third kappa shape index (κ3) is 6.86. The molecule has 0 amide bonds. The Morgan fingerprint density at radius 1 is 1.35 bits per heavy atom. The van der Waals surface area contributed by atoms with Crippen LogP contribution in [0.15, 0.2) is 16.6 Å². The van der Waals surface area contributed by atoms with Crippen LogP contribution in [0.1, 0.15) is 44.0 Å². The maximum Gasteiger partial charge on any atom is 0.264 e. The first-order valence-electron chi connectivity index (χ1n) is 6.83. The van der Waals surface area contributed by atoms with E-state index in [4.69, 9.17) is 8.97 Å². The van der Waals surface area contributed by atoms with Gasteiger partial charge >= 0.3 is 0 Å². The van der Waals surface area contributed by atoms with Crippen LogP contribution in [-0.2, 0) is 23.0 Å². The van der Waals surface area contributed by atoms with Crippen LogP contribution in [0.2, 0.25) is 0 Å². The normalized spacial score (nSPS) is 12.7. The van der Waals surface area contributed by atoms with Gasteiger partial charge in [0, 0.05) is 6.42 Å². The largest absolute Gasteiger partial charge is 0.445 e. The van der Waals surface area contributed by atoms with Gasteiger partial charge in [-0.2, -0.15) is 8.42 Å². The van der Waals surface area contributed by atoms with Gasteiger partial charge in [0.15, 0.2) is 5.89 Å². The molecule has 114 valence electrons. The van der Waals surface area contributed by atoms with Crippen LogP contribution in [0.25, 0.3) is 0 Å². The second-order valence-electron chi connectivity index (χ2n) is 5.31. The summed E-state index contributed by atoms with van der Waals surface area (Å²) < 4.78 is 35.5. The van der Waals surface area contributed by atoms with Gasteiger partial charge in [0.2, 0.25) is 0 Å². The van der Waals surface area contributed by atoms with Crippen molar-refractivity contribution in [1.82, 2.24) is 4.98 Å². The molecular formula is C14H23NO4S. The highest BCUT2D eigenvalue weighted by atomic mass is 32.2. The van der Waals surface area contributed by atoms with Gasteiger partial charge in [0.25, 0.3) is 10.1 Å². The van der Waals surface area contributed by atoms with E-state index in [1.54, 1.807) is 0 Å². The molecule has 0 aliphatic rings. The Morgan fingerprint density at radius 2 is 2.05 bits per heavy atom. The second kappa shape index (κ2) is 7.59. The zero-order valence-corrected chi connectivity index (χ0v) is 13.1. The summed E-state index contributed by atoms with van der Waals surface area (Å²) in [5, 5.41) is 0. The molecule has 0 atom stereocenters. The molecule has 0 saturated heterocycles. The Hall–Kier alpha value is -1.14. The van der Waals surface area contributed by atoms with Crippen molar-refractivity contribution in [3.05, 3.63) is 29.5 Å². The van der Waals surface area contributed by atoms with Gasteiger partial charge in [-0.3, -0.25) is 4.55 Å². The number of hydrogen-bond acceptors (Lipinski definition) is 4. The summed E-state index contributed by atoms with van der Waals surface area (Å²) >= 11 is 0. The van der Waals surface area contributed by atoms with E-state index in [1.165, 1.54) is 0 Å². The first-order chi connectivity index (χ1) is 9.28. The maximum absolute atomic E-state index is 10.6. The van der Waals surface area contributed by atoms with Crippen molar-refractivity contribution < 1.29 is 17.4 Å². The summed E-state index contributed by atoms with van der Waals surface area (Å²) in [6.45, 7) is 6.14. The Bertz CT molecular complexity index is 544. The van der Waals surface area contributed by atoms with Gasteiger partial charge < -0.3 is 4.42 Å². The van der Waals surface area contributed by atoms with Gasteiger partial charge in [-0.25, -0.2) is 4.98 Å². The molecule has 0 spiro atoms. The van der Waals surface area contributed by atoms with Gasteiger partial charge in [0.1, 0.15) is 5.76 Å². The molecule has 1 rings (SSSR count). The minimum absolute atomic E-state index is 0.247. The molecule has 1 heterocycles. The fraction of sp³-hybridized carbons (Fsp3) is 0.643. The number of allylic oxidation sites excluding steroid dienone is 2. The number of hydrogen-bond donors (Lipinski definition) is 1. The van der Waals surface area contributed by atoms with E-state index >= 15 is 0 Å². The molecule has 0 bridgehead atoms. The van der Waals surface area contributed by atoms with Crippen molar-refractivity contribution in [2.45, 2.75) is 46.5 Å². The Kier molecular flexibility index (Phi) is 6.42. The van der Waals surface area contributed by atoms with E-state index in [0.29, 0.717) is 36.8 Å². The molecule has 0 saturated carbocycles. The first kappa shape index (κ1) is 16.9. The Labute approximate surface area is 120 Å². The van der Waals surface area contributed by atoms with E-state index in [0.717, 1.165) is 12.1 Å². The molecule has 0 unspecified atom stereocenters. The van der Waals surface area contributed by atoms with Crippen LogP contribution in [0.4, 0.5) is 0 Å². The van der Waals surface area contributed by atoms with Crippen molar-refractivity contribution in [1.29, 1.82) is 0 Å². The number of oxazole rings is 1. The molecule has 0 fully saturated rings. The number of aromatic nitrogens is 1. The average molecular weight is 301 g/mol. The molecule has 1 N–H and O–H groups in total. The first-order valence-corrected chi connectivity index (χ1v) is 8.44. The van der Waals surface area contributed by atoms with Crippen LogP contribution in [0.5, 0.6) is 0 Å². The molecule has 1 aromatic rings. The third-order valence-electron chi connectivity index (χ3n) is 2.82. The smallest absolute Gasteiger partial charge is 0.264 e. The monoisotopic (exact) mass is 301 g/mol. The SMILES string of the molecule is Cc1oc(C/C=C/CC(C)C)nc1CCCS(=O)(=O)O. The van der Waals surface area contributed by atoms with Crippen LogP contribution in [0.3, 0.4) is 0 Å². The van der Waals surface area contributed by atoms with Crippen molar-refractivity contribution in [2.75, 3.05) is 5.75 Å². The summed E-state index contributed by atoms with van der Waals surface area (Å²) in [7, 11) is -3.90. The fourth-order valence-corrected chi connectivity index (χ4v) is 2.29. The fourth-order valence-electron chi connectivity index (χ4n) is 1.78. The van der Waals surface area contributed by atoms with Gasteiger partial charge in [-0.1, -0.05) is 26.0 Å². The quantitative estimate of drug-likeness (QED) is 0.590. The van der Waals surface area contributed by atoms with Crippen LogP contribution in [-0.4, -0.2) is 23.7 Å². The lowest BCUT2D eigenvalue weighted by atomic mass is 10.1. The summed E-state index contributed by atoms with van der Waals surface area (Å²) in [4.78, 5) is 4.35. The van der Waals surface area contributed by atoms with Crippen LogP contribution < -0.4 is 0 Å². The molecule has 0 aliphatic carbocycles. The van der Waals surface area contributed by atoms with Crippen LogP contribution in [0, 0.1) is 12.8 Å². The summed E-state index contributed by atoms with van der Waals surface area (Å²) in [6, 6.07) is 0. The topological polar surface area (TPSA) is 80.4 Å². The predicted octanol–water partition coefficient (Wildman–Crippen LogP) is 2.95. The second-order valence-corrected chi connectivity index (χ2v) is 6.88. The molecule has 0 radical (unpaired) electrons. The summed E-state index contributed by atoms with van der Waals surface area (Å²) in [6.07, 6.45) is 6.65. The summed E-state index contributed by atoms with van der Waals surface area (Å²) in [5.74, 6) is 1.74. The lowest BCUT2D eigenvalue weighted by molar-refractivity contribution is 0.478. The maximum atomic E-state index is 10.6. The minimum Gasteiger partial charge on any atom is -0.445 e. The lowest BCUT2D eigenvalue weighted by Gasteiger charge is -1.96. The predicted molar refractivity (Wildman–Crippen MR) is 78.3 cm³/mol. The number of nitrogens with zero attached hydrogens (tertiary/aromatic N) is 1. The van der Waals surface area contributed by atoms with Crippen molar-refractivity contribution in [3.8, 4) is 0 Å². The number of aryl methyl sites for hydroxylation is 2. The highest BCUT2D eigenvalue weighted by molar-refractivity contribution is 7.85. The minimum atomic E-state index is -3.90. The molecular weight excluding hydrogens is 278 g/mol. The zero-order valence-electron chi connectivity index (χ0n) is 12.3. The zero-order chi connectivity index (χ0) is 15.2. The standard InChI is InChI=1S/C14H23NO4S/c1-11(2)7-4-5-9-14-15-13(12(3)19-14)8-6-10-20(16,17)18/h4-5,11H,6-10H2,1-3H3,(H,16,17,18)/b5-4+. The van der Waals surface area contributed by atoms with Crippen molar-refractivity contribution in [3.63, 3.8) is 0 Å². The Morgan fingerprint density at radius 3 is 2.65 bits per heavy atom. The molecule has 0 aromatic carbocycles. The highest BCUT2D eigenvalue weighted by Gasteiger charge is 2.10. The average Bonchev–Trinajstić information content (AvgIpc) is 2.64. The van der Waals surface area contributed by atoms with Crippen molar-refractivity contribution >= 4 is 10.1 Å². The lowest BCUT2D eigenvalue weighted by Crippen LogP contribution is -2.05. The molecule has 6 heteroatoms. The van der Waals surface area contributed by atoms with Gasteiger partial charge in [0.05, 0.1) is 11.4 Å². The Balaban J connectivity index is 2.48. The molecule has 0 aliphatic heterocycles. The molecule has 1 aromatic heterocycles. The number of rotatable bonds is 8. The van der Waals surface area contributed by atoms with E-state index in [9.17, 15) is 8.42 Å². The molecule has 20 heavy (non-hydrogen) atoms. The molecule has 5 nitrogen and oxygen atoms in total. The van der Waals surface area contributed by atoms with E-state index in [2.05, 4.69) is 24.9 Å². The summed E-state index contributed by atoms with van der Waals surface area (Å²) in [5.41, 5.74) is 0.765. The van der Waals surface area contributed by atoms with E-state index < -0.39 is 10.1 Å². The highest BCUT2D eigenvalue weighted by Crippen LogP contribution is 2.13. The van der Waals surface area contributed by atoms with E-state index in [-0.39, 0.29) is 5.75 Å². The van der Waals surface area contributed by atoms with Gasteiger partial charge in [-0.15, -0.1) is 0 Å².